The van der Waals surface area contributed by atoms with Crippen molar-refractivity contribution in [3.05, 3.63) is 102 Å². The molecule has 192 valence electrons. The van der Waals surface area contributed by atoms with Gasteiger partial charge in [-0.05, 0) is 61.9 Å². The van der Waals surface area contributed by atoms with Crippen LogP contribution in [0.2, 0.25) is 0 Å². The molecule has 1 aliphatic rings. The molecule has 2 atom stereocenters. The van der Waals surface area contributed by atoms with Gasteiger partial charge in [0, 0.05) is 6.54 Å². The SMILES string of the molecule is N=C1[C@H](CCc2ccccc2)N([C@@H](CCCCN)C(=O)NCc2ccccc2)C(=O)N1c1ccccc1. The molecule has 1 heterocycles. The van der Waals surface area contributed by atoms with E-state index in [0.717, 1.165) is 17.5 Å². The summed E-state index contributed by atoms with van der Waals surface area (Å²) in [6, 6.07) is 27.4. The lowest BCUT2D eigenvalue weighted by Gasteiger charge is -2.31. The van der Waals surface area contributed by atoms with Crippen LogP contribution in [0.15, 0.2) is 91.0 Å². The highest BCUT2D eigenvalue weighted by Gasteiger charge is 2.47. The molecule has 4 rings (SSSR count). The maximum Gasteiger partial charge on any atom is 0.331 e. The van der Waals surface area contributed by atoms with Crippen molar-refractivity contribution in [2.45, 2.75) is 50.7 Å². The minimum Gasteiger partial charge on any atom is -0.350 e. The fraction of sp³-hybridized carbons (Fsp3) is 0.300. The molecule has 3 aromatic rings. The lowest BCUT2D eigenvalue weighted by atomic mass is 10.0. The van der Waals surface area contributed by atoms with Gasteiger partial charge in [-0.1, -0.05) is 78.9 Å². The number of hydrogen-bond donors (Lipinski definition) is 3. The highest BCUT2D eigenvalue weighted by atomic mass is 16.2. The third-order valence-corrected chi connectivity index (χ3v) is 6.75. The zero-order valence-electron chi connectivity index (χ0n) is 21.1. The number of nitrogens with two attached hydrogens (primary N) is 1. The second-order valence-electron chi connectivity index (χ2n) is 9.29. The molecule has 0 radical (unpaired) electrons. The predicted octanol–water partition coefficient (Wildman–Crippen LogP) is 4.72. The van der Waals surface area contributed by atoms with Crippen LogP contribution in [-0.4, -0.2) is 41.3 Å². The summed E-state index contributed by atoms with van der Waals surface area (Å²) < 4.78 is 0. The van der Waals surface area contributed by atoms with Gasteiger partial charge in [0.05, 0.1) is 11.7 Å². The lowest BCUT2D eigenvalue weighted by Crippen LogP contribution is -2.51. The van der Waals surface area contributed by atoms with E-state index in [-0.39, 0.29) is 17.8 Å². The first kappa shape index (κ1) is 26.1. The van der Waals surface area contributed by atoms with Crippen molar-refractivity contribution in [2.24, 2.45) is 5.73 Å². The minimum atomic E-state index is -0.697. The van der Waals surface area contributed by atoms with E-state index in [4.69, 9.17) is 11.1 Å². The van der Waals surface area contributed by atoms with Crippen molar-refractivity contribution in [3.63, 3.8) is 0 Å². The quantitative estimate of drug-likeness (QED) is 0.316. The van der Waals surface area contributed by atoms with Crippen LogP contribution in [-0.2, 0) is 17.8 Å². The first-order valence-electron chi connectivity index (χ1n) is 12.9. The summed E-state index contributed by atoms with van der Waals surface area (Å²) in [5.41, 5.74) is 8.50. The Bertz CT molecular complexity index is 1170. The van der Waals surface area contributed by atoms with E-state index in [9.17, 15) is 9.59 Å². The Labute approximate surface area is 218 Å². The van der Waals surface area contributed by atoms with Crippen LogP contribution in [0, 0.1) is 5.41 Å². The standard InChI is InChI=1S/C30H35N5O2/c31-21-11-10-18-27(29(36)33-22-24-14-6-2-7-15-24)35-26(20-19-23-12-4-1-5-13-23)28(32)34(30(35)37)25-16-8-3-9-17-25/h1-9,12-17,26-27,32H,10-11,18-22,31H2,(H,33,36)/t26-,27-/m0/s1. The van der Waals surface area contributed by atoms with Gasteiger partial charge in [0.2, 0.25) is 5.91 Å². The number of unbranched alkanes of at least 4 members (excludes halogenated alkanes) is 1. The number of hydrogen-bond acceptors (Lipinski definition) is 4. The molecule has 1 aliphatic heterocycles. The molecule has 0 aromatic heterocycles. The molecule has 37 heavy (non-hydrogen) atoms. The number of para-hydroxylation sites is 1. The van der Waals surface area contributed by atoms with E-state index < -0.39 is 12.1 Å². The van der Waals surface area contributed by atoms with Gasteiger partial charge in [-0.3, -0.25) is 10.2 Å². The molecule has 0 aliphatic carbocycles. The molecular formula is C30H35N5O2. The third kappa shape index (κ3) is 6.43. The Morgan fingerprint density at radius 3 is 2.11 bits per heavy atom. The number of amides is 3. The van der Waals surface area contributed by atoms with Gasteiger partial charge in [0.1, 0.15) is 11.9 Å². The number of nitrogens with zero attached hydrogens (tertiary/aromatic N) is 2. The molecule has 0 bridgehead atoms. The van der Waals surface area contributed by atoms with Crippen molar-refractivity contribution in [3.8, 4) is 0 Å². The third-order valence-electron chi connectivity index (χ3n) is 6.75. The van der Waals surface area contributed by atoms with Crippen molar-refractivity contribution in [1.82, 2.24) is 10.2 Å². The fourth-order valence-corrected chi connectivity index (χ4v) is 4.81. The summed E-state index contributed by atoms with van der Waals surface area (Å²) in [5.74, 6) is -0.00605. The van der Waals surface area contributed by atoms with Gasteiger partial charge in [-0.25, -0.2) is 9.69 Å². The van der Waals surface area contributed by atoms with Crippen LogP contribution >= 0.6 is 0 Å². The minimum absolute atomic E-state index is 0.201. The van der Waals surface area contributed by atoms with Crippen molar-refractivity contribution in [1.29, 1.82) is 5.41 Å². The van der Waals surface area contributed by atoms with Gasteiger partial charge in [-0.2, -0.15) is 0 Å². The normalized spacial score (nSPS) is 16.2. The first-order chi connectivity index (χ1) is 18.1. The Morgan fingerprint density at radius 2 is 1.49 bits per heavy atom. The number of carbonyl (C=O) groups is 2. The number of aryl methyl sites for hydroxylation is 1. The summed E-state index contributed by atoms with van der Waals surface area (Å²) in [7, 11) is 0. The van der Waals surface area contributed by atoms with E-state index in [1.54, 1.807) is 4.90 Å². The Balaban J connectivity index is 1.62. The van der Waals surface area contributed by atoms with Crippen LogP contribution in [0.3, 0.4) is 0 Å². The Morgan fingerprint density at radius 1 is 0.892 bits per heavy atom. The van der Waals surface area contributed by atoms with E-state index in [0.29, 0.717) is 44.5 Å². The number of amidine groups is 1. The van der Waals surface area contributed by atoms with Crippen LogP contribution in [0.4, 0.5) is 10.5 Å². The molecule has 0 saturated carbocycles. The number of nitrogens with one attached hydrogen (secondary N) is 2. The molecule has 0 spiro atoms. The zero-order chi connectivity index (χ0) is 26.0. The van der Waals surface area contributed by atoms with Gasteiger partial charge < -0.3 is 16.0 Å². The summed E-state index contributed by atoms with van der Waals surface area (Å²) in [4.78, 5) is 30.6. The van der Waals surface area contributed by atoms with Crippen molar-refractivity contribution >= 4 is 23.5 Å². The monoisotopic (exact) mass is 497 g/mol. The van der Waals surface area contributed by atoms with Gasteiger partial charge >= 0.3 is 6.03 Å². The fourth-order valence-electron chi connectivity index (χ4n) is 4.81. The number of rotatable bonds is 12. The maximum atomic E-state index is 13.9. The number of urea groups is 1. The van der Waals surface area contributed by atoms with E-state index in [1.807, 2.05) is 91.0 Å². The smallest absolute Gasteiger partial charge is 0.331 e. The summed E-state index contributed by atoms with van der Waals surface area (Å²) >= 11 is 0. The molecule has 1 saturated heterocycles. The highest BCUT2D eigenvalue weighted by molar-refractivity contribution is 6.23. The summed E-state index contributed by atoms with van der Waals surface area (Å²) in [6.07, 6.45) is 3.22. The number of anilines is 1. The Kier molecular flexibility index (Phi) is 9.05. The molecule has 4 N–H and O–H groups in total. The second kappa shape index (κ2) is 12.8. The average Bonchev–Trinajstić information content (AvgIpc) is 3.18. The van der Waals surface area contributed by atoms with Gasteiger partial charge in [0.15, 0.2) is 0 Å². The van der Waals surface area contributed by atoms with Crippen LogP contribution in [0.25, 0.3) is 0 Å². The van der Waals surface area contributed by atoms with Gasteiger partial charge in [0.25, 0.3) is 0 Å². The van der Waals surface area contributed by atoms with E-state index in [1.165, 1.54) is 4.90 Å². The maximum absolute atomic E-state index is 13.9. The van der Waals surface area contributed by atoms with Crippen LogP contribution < -0.4 is 16.0 Å². The summed E-state index contributed by atoms with van der Waals surface area (Å²) in [6.45, 7) is 0.902. The van der Waals surface area contributed by atoms with Gasteiger partial charge in [-0.15, -0.1) is 0 Å². The van der Waals surface area contributed by atoms with E-state index in [2.05, 4.69) is 5.32 Å². The molecule has 7 heteroatoms. The summed E-state index contributed by atoms with van der Waals surface area (Å²) in [5, 5.41) is 12.1. The lowest BCUT2D eigenvalue weighted by molar-refractivity contribution is -0.126. The van der Waals surface area contributed by atoms with E-state index >= 15 is 0 Å². The predicted molar refractivity (Wildman–Crippen MR) is 147 cm³/mol. The molecular weight excluding hydrogens is 462 g/mol. The highest BCUT2D eigenvalue weighted by Crippen LogP contribution is 2.31. The number of benzene rings is 3. The van der Waals surface area contributed by atoms with Crippen LogP contribution in [0.5, 0.6) is 0 Å². The molecule has 3 aromatic carbocycles. The van der Waals surface area contributed by atoms with Crippen LogP contribution in [0.1, 0.15) is 36.8 Å². The molecule has 3 amide bonds. The molecule has 7 nitrogen and oxygen atoms in total. The topological polar surface area (TPSA) is 103 Å². The molecule has 0 unspecified atom stereocenters. The average molecular weight is 498 g/mol. The second-order valence-corrected chi connectivity index (χ2v) is 9.29. The van der Waals surface area contributed by atoms with Crippen molar-refractivity contribution in [2.75, 3.05) is 11.4 Å². The largest absolute Gasteiger partial charge is 0.350 e. The first-order valence-corrected chi connectivity index (χ1v) is 12.9. The zero-order valence-corrected chi connectivity index (χ0v) is 21.1. The Hall–Kier alpha value is -3.97. The number of carbonyl (C=O) groups excluding carboxylic acids is 2. The van der Waals surface area contributed by atoms with Crippen molar-refractivity contribution < 1.29 is 9.59 Å². The molecule has 1 fully saturated rings.